The van der Waals surface area contributed by atoms with Crippen LogP contribution in [0.25, 0.3) is 22.3 Å². The smallest absolute Gasteiger partial charge is 0.330 e. The van der Waals surface area contributed by atoms with Gasteiger partial charge in [-0.2, -0.15) is 0 Å². The molecule has 0 unspecified atom stereocenters. The van der Waals surface area contributed by atoms with Gasteiger partial charge < -0.3 is 10.1 Å². The molecule has 2 heterocycles. The highest BCUT2D eigenvalue weighted by Crippen LogP contribution is 2.22. The Morgan fingerprint density at radius 1 is 1.10 bits per heavy atom. The van der Waals surface area contributed by atoms with E-state index in [0.29, 0.717) is 11.3 Å². The molecule has 0 saturated carbocycles. The topological polar surface area (TPSA) is 75.1 Å². The molecule has 5 nitrogen and oxygen atoms in total. The number of aliphatic hydroxyl groups is 1. The number of allylic oxidation sites excluding steroid dienone is 1. The van der Waals surface area contributed by atoms with Crippen LogP contribution >= 0.6 is 11.3 Å². The van der Waals surface area contributed by atoms with Crippen molar-refractivity contribution in [2.24, 2.45) is 0 Å². The summed E-state index contributed by atoms with van der Waals surface area (Å²) in [5.74, 6) is -0.153. The second-order valence-electron chi connectivity index (χ2n) is 6.47. The van der Waals surface area contributed by atoms with Gasteiger partial charge in [0.2, 0.25) is 0 Å². The maximum Gasteiger partial charge on any atom is 0.330 e. The number of hydrogen-bond donors (Lipinski definition) is 2. The second kappa shape index (κ2) is 8.26. The van der Waals surface area contributed by atoms with Crippen LogP contribution in [-0.4, -0.2) is 20.4 Å². The summed E-state index contributed by atoms with van der Waals surface area (Å²) in [5.41, 5.74) is 3.30. The summed E-state index contributed by atoms with van der Waals surface area (Å²) >= 11 is 1.55. The number of hydrogen-bond acceptors (Lipinski definition) is 4. The summed E-state index contributed by atoms with van der Waals surface area (Å²) in [6.45, 7) is -0.0115. The maximum absolute atomic E-state index is 12.6. The monoisotopic (exact) mass is 402 g/mol. The number of rotatable bonds is 6. The minimum Gasteiger partial charge on any atom is -0.392 e. The minimum absolute atomic E-state index is 0.0115. The lowest BCUT2D eigenvalue weighted by atomic mass is 10.1. The van der Waals surface area contributed by atoms with Crippen LogP contribution in [0.4, 0.5) is 0 Å². The zero-order valence-corrected chi connectivity index (χ0v) is 16.2. The van der Waals surface area contributed by atoms with Gasteiger partial charge in [-0.25, -0.2) is 4.79 Å². The number of benzene rings is 2. The van der Waals surface area contributed by atoms with Crippen molar-refractivity contribution >= 4 is 23.2 Å². The lowest BCUT2D eigenvalue weighted by Crippen LogP contribution is -2.14. The van der Waals surface area contributed by atoms with Gasteiger partial charge in [-0.1, -0.05) is 48.5 Å². The molecule has 0 amide bonds. The number of nitrogens with zero attached hydrogens (tertiary/aromatic N) is 1. The summed E-state index contributed by atoms with van der Waals surface area (Å²) in [7, 11) is 0. The molecule has 2 aromatic heterocycles. The quantitative estimate of drug-likeness (QED) is 0.373. The van der Waals surface area contributed by atoms with E-state index >= 15 is 0 Å². The van der Waals surface area contributed by atoms with Gasteiger partial charge in [0.1, 0.15) is 0 Å². The second-order valence-corrected chi connectivity index (χ2v) is 7.42. The predicted molar refractivity (Wildman–Crippen MR) is 115 cm³/mol. The summed E-state index contributed by atoms with van der Waals surface area (Å²) in [6.07, 6.45) is 4.98. The Kier molecular flexibility index (Phi) is 5.37. The van der Waals surface area contributed by atoms with E-state index in [1.54, 1.807) is 47.9 Å². The highest BCUT2D eigenvalue weighted by atomic mass is 32.1. The standard InChI is InChI=1S/C23H18N2O3S/c26-15-17-8-6-16(7-9-17)10-11-21(27)18-3-1-4-19(13-18)25-14-20(24-23(25)28)22-5-2-12-29-22/h1-14,26H,15H2,(H,24,28). The summed E-state index contributed by atoms with van der Waals surface area (Å²) in [4.78, 5) is 28.8. The van der Waals surface area contributed by atoms with Crippen LogP contribution in [0.1, 0.15) is 21.5 Å². The van der Waals surface area contributed by atoms with E-state index < -0.39 is 0 Å². The first-order chi connectivity index (χ1) is 14.1. The molecule has 2 N–H and O–H groups in total. The molecular weight excluding hydrogens is 384 g/mol. The number of carbonyl (C=O) groups excluding carboxylic acids is 1. The summed E-state index contributed by atoms with van der Waals surface area (Å²) < 4.78 is 1.50. The summed E-state index contributed by atoms with van der Waals surface area (Å²) in [6, 6.07) is 18.2. The molecule has 4 aromatic rings. The van der Waals surface area contributed by atoms with Crippen molar-refractivity contribution in [2.45, 2.75) is 6.61 Å². The Labute approximate surface area is 171 Å². The van der Waals surface area contributed by atoms with Crippen molar-refractivity contribution < 1.29 is 9.90 Å². The van der Waals surface area contributed by atoms with Gasteiger partial charge in [0.25, 0.3) is 0 Å². The molecule has 144 valence electrons. The fourth-order valence-electron chi connectivity index (χ4n) is 2.96. The molecule has 0 fully saturated rings. The van der Waals surface area contributed by atoms with Gasteiger partial charge >= 0.3 is 5.69 Å². The molecule has 0 saturated heterocycles. The van der Waals surface area contributed by atoms with E-state index in [1.807, 2.05) is 41.8 Å². The van der Waals surface area contributed by atoms with Gasteiger partial charge in [-0.05, 0) is 40.8 Å². The lowest BCUT2D eigenvalue weighted by molar-refractivity contribution is 0.104. The normalized spacial score (nSPS) is 11.2. The van der Waals surface area contributed by atoms with Crippen LogP contribution in [0.3, 0.4) is 0 Å². The van der Waals surface area contributed by atoms with Gasteiger partial charge in [0.15, 0.2) is 5.78 Å². The van der Waals surface area contributed by atoms with E-state index in [0.717, 1.165) is 21.7 Å². The SMILES string of the molecule is O=C(C=Cc1ccc(CO)cc1)c1cccc(-n2cc(-c3cccs3)[nH]c2=O)c1. The third-order valence-electron chi connectivity index (χ3n) is 4.50. The first-order valence-corrected chi connectivity index (χ1v) is 9.90. The highest BCUT2D eigenvalue weighted by Gasteiger charge is 2.10. The number of H-pyrrole nitrogens is 1. The lowest BCUT2D eigenvalue weighted by Gasteiger charge is -2.03. The van der Waals surface area contributed by atoms with Gasteiger partial charge in [0, 0.05) is 11.8 Å². The first kappa shape index (κ1) is 18.9. The van der Waals surface area contributed by atoms with E-state index in [4.69, 9.17) is 5.11 Å². The Hall–Kier alpha value is -3.48. The first-order valence-electron chi connectivity index (χ1n) is 9.02. The van der Waals surface area contributed by atoms with Crippen molar-refractivity contribution in [3.05, 3.63) is 105 Å². The number of aliphatic hydroxyl groups excluding tert-OH is 1. The van der Waals surface area contributed by atoms with Crippen molar-refractivity contribution in [2.75, 3.05) is 0 Å². The van der Waals surface area contributed by atoms with E-state index in [1.165, 1.54) is 10.6 Å². The molecule has 4 rings (SSSR count). The predicted octanol–water partition coefficient (Wildman–Crippen LogP) is 4.28. The third-order valence-corrected chi connectivity index (χ3v) is 5.41. The van der Waals surface area contributed by atoms with Crippen LogP contribution in [-0.2, 0) is 6.61 Å². The van der Waals surface area contributed by atoms with Crippen LogP contribution in [0.2, 0.25) is 0 Å². The number of nitrogens with one attached hydrogen (secondary N) is 1. The number of aromatic amines is 1. The van der Waals surface area contributed by atoms with Gasteiger partial charge in [0.05, 0.1) is 22.9 Å². The van der Waals surface area contributed by atoms with Gasteiger partial charge in [-0.15, -0.1) is 11.3 Å². The van der Waals surface area contributed by atoms with E-state index in [-0.39, 0.29) is 18.1 Å². The van der Waals surface area contributed by atoms with Crippen molar-refractivity contribution in [1.29, 1.82) is 0 Å². The largest absolute Gasteiger partial charge is 0.392 e. The zero-order chi connectivity index (χ0) is 20.2. The molecule has 29 heavy (non-hydrogen) atoms. The Balaban J connectivity index is 1.58. The zero-order valence-electron chi connectivity index (χ0n) is 15.4. The minimum atomic E-state index is -0.252. The number of ketones is 1. The number of imidazole rings is 1. The highest BCUT2D eigenvalue weighted by molar-refractivity contribution is 7.13. The molecule has 0 spiro atoms. The Morgan fingerprint density at radius 2 is 1.93 bits per heavy atom. The molecular formula is C23H18N2O3S. The molecule has 6 heteroatoms. The van der Waals surface area contributed by atoms with Crippen LogP contribution in [0.15, 0.2) is 83.1 Å². The Bertz CT molecular complexity index is 1220. The number of aromatic nitrogens is 2. The molecule has 0 atom stereocenters. The van der Waals surface area contributed by atoms with Crippen molar-refractivity contribution in [1.82, 2.24) is 9.55 Å². The van der Waals surface area contributed by atoms with Crippen molar-refractivity contribution in [3.63, 3.8) is 0 Å². The fraction of sp³-hybridized carbons (Fsp3) is 0.0435. The maximum atomic E-state index is 12.6. The molecule has 0 bridgehead atoms. The summed E-state index contributed by atoms with van der Waals surface area (Å²) in [5, 5.41) is 11.0. The van der Waals surface area contributed by atoms with Crippen LogP contribution in [0, 0.1) is 0 Å². The van der Waals surface area contributed by atoms with Crippen LogP contribution in [0.5, 0.6) is 0 Å². The fourth-order valence-corrected chi connectivity index (χ4v) is 3.65. The molecule has 0 aliphatic carbocycles. The molecule has 0 aliphatic rings. The molecule has 2 aromatic carbocycles. The Morgan fingerprint density at radius 3 is 2.66 bits per heavy atom. The molecule has 0 aliphatic heterocycles. The number of thiophene rings is 1. The van der Waals surface area contributed by atoms with E-state index in [2.05, 4.69) is 4.98 Å². The molecule has 0 radical (unpaired) electrons. The average Bonchev–Trinajstić information content (AvgIpc) is 3.42. The third kappa shape index (κ3) is 4.18. The van der Waals surface area contributed by atoms with Crippen LogP contribution < -0.4 is 5.69 Å². The van der Waals surface area contributed by atoms with Gasteiger partial charge in [-0.3, -0.25) is 9.36 Å². The number of carbonyl (C=O) groups is 1. The van der Waals surface area contributed by atoms with Crippen molar-refractivity contribution in [3.8, 4) is 16.3 Å². The van der Waals surface area contributed by atoms with E-state index in [9.17, 15) is 9.59 Å². The average molecular weight is 402 g/mol.